The van der Waals surface area contributed by atoms with E-state index in [4.69, 9.17) is 0 Å². The van der Waals surface area contributed by atoms with Crippen molar-refractivity contribution in [2.75, 3.05) is 19.6 Å². The summed E-state index contributed by atoms with van der Waals surface area (Å²) >= 11 is 0. The third-order valence-corrected chi connectivity index (χ3v) is 5.41. The van der Waals surface area contributed by atoms with Crippen molar-refractivity contribution in [2.24, 2.45) is 11.8 Å². The Hall–Kier alpha value is -2.40. The number of rotatable bonds is 7. The molecule has 1 aliphatic rings. The minimum Gasteiger partial charge on any atom is -0.354 e. The molecule has 3 rings (SSSR count). The number of carbonyl (C=O) groups excluding carboxylic acids is 2. The van der Waals surface area contributed by atoms with Crippen molar-refractivity contribution >= 4 is 22.6 Å². The van der Waals surface area contributed by atoms with Crippen molar-refractivity contribution in [3.8, 4) is 0 Å². The Morgan fingerprint density at radius 1 is 1.14 bits per heavy atom. The van der Waals surface area contributed by atoms with E-state index in [2.05, 4.69) is 22.0 Å². The molecule has 1 fully saturated rings. The van der Waals surface area contributed by atoms with Crippen LogP contribution in [0.2, 0.25) is 0 Å². The average Bonchev–Trinajstić information content (AvgIpc) is 2.70. The van der Waals surface area contributed by atoms with Gasteiger partial charge in [-0.15, -0.1) is 0 Å². The molecular formula is C23H31N3O2. The molecule has 2 aromatic carbocycles. The van der Waals surface area contributed by atoms with Gasteiger partial charge in [-0.3, -0.25) is 9.59 Å². The average molecular weight is 382 g/mol. The predicted octanol–water partition coefficient (Wildman–Crippen LogP) is 2.64. The Labute approximate surface area is 167 Å². The summed E-state index contributed by atoms with van der Waals surface area (Å²) in [5.41, 5.74) is 0.951. The molecule has 2 atom stereocenters. The van der Waals surface area contributed by atoms with E-state index in [0.29, 0.717) is 12.5 Å². The Bertz CT molecular complexity index is 812. The zero-order valence-electron chi connectivity index (χ0n) is 16.8. The van der Waals surface area contributed by atoms with Crippen LogP contribution in [-0.4, -0.2) is 37.5 Å². The summed E-state index contributed by atoms with van der Waals surface area (Å²) in [6.07, 6.45) is 2.55. The molecule has 3 N–H and O–H groups in total. The molecule has 0 aromatic heterocycles. The van der Waals surface area contributed by atoms with E-state index in [1.807, 2.05) is 50.2 Å². The number of fused-ring (bicyclic) bond motifs is 1. The van der Waals surface area contributed by atoms with Crippen molar-refractivity contribution < 1.29 is 9.59 Å². The first-order chi connectivity index (χ1) is 13.5. The molecular weight excluding hydrogens is 350 g/mol. The maximum atomic E-state index is 12.6. The van der Waals surface area contributed by atoms with Crippen LogP contribution in [0, 0.1) is 11.8 Å². The molecule has 0 saturated carbocycles. The largest absolute Gasteiger partial charge is 0.354 e. The van der Waals surface area contributed by atoms with Gasteiger partial charge in [0, 0.05) is 6.54 Å². The summed E-state index contributed by atoms with van der Waals surface area (Å²) < 4.78 is 0. The van der Waals surface area contributed by atoms with Crippen molar-refractivity contribution in [2.45, 2.75) is 39.2 Å². The molecule has 1 saturated heterocycles. The lowest BCUT2D eigenvalue weighted by Crippen LogP contribution is -2.51. The number of carbonyl (C=O) groups is 2. The molecule has 0 radical (unpaired) electrons. The van der Waals surface area contributed by atoms with E-state index in [1.165, 1.54) is 0 Å². The van der Waals surface area contributed by atoms with E-state index in [0.717, 1.165) is 42.3 Å². The zero-order valence-corrected chi connectivity index (χ0v) is 16.8. The second kappa shape index (κ2) is 9.69. The molecule has 0 bridgehead atoms. The van der Waals surface area contributed by atoms with Crippen molar-refractivity contribution in [1.29, 1.82) is 0 Å². The Morgan fingerprint density at radius 2 is 1.93 bits per heavy atom. The van der Waals surface area contributed by atoms with Gasteiger partial charge in [-0.1, -0.05) is 56.3 Å². The van der Waals surface area contributed by atoms with Crippen LogP contribution >= 0.6 is 0 Å². The van der Waals surface area contributed by atoms with Crippen LogP contribution in [0.4, 0.5) is 0 Å². The first-order valence-corrected chi connectivity index (χ1v) is 10.3. The number of hydrogen-bond acceptors (Lipinski definition) is 3. The zero-order chi connectivity index (χ0) is 19.9. The first kappa shape index (κ1) is 20.3. The Morgan fingerprint density at radius 3 is 2.64 bits per heavy atom. The SMILES string of the molecule is CC(C)C(NC(=O)Cc1ccc2ccccc2c1)C(=O)NCC1CCCNC1. The summed E-state index contributed by atoms with van der Waals surface area (Å²) in [5, 5.41) is 11.6. The highest BCUT2D eigenvalue weighted by Gasteiger charge is 2.25. The van der Waals surface area contributed by atoms with Crippen LogP contribution < -0.4 is 16.0 Å². The van der Waals surface area contributed by atoms with Gasteiger partial charge in [0.25, 0.3) is 0 Å². The van der Waals surface area contributed by atoms with Crippen LogP contribution in [0.15, 0.2) is 42.5 Å². The van der Waals surface area contributed by atoms with Crippen molar-refractivity contribution in [3.63, 3.8) is 0 Å². The monoisotopic (exact) mass is 381 g/mol. The van der Waals surface area contributed by atoms with E-state index in [1.54, 1.807) is 0 Å². The lowest BCUT2D eigenvalue weighted by molar-refractivity contribution is -0.129. The summed E-state index contributed by atoms with van der Waals surface area (Å²) in [4.78, 5) is 25.2. The van der Waals surface area contributed by atoms with Gasteiger partial charge >= 0.3 is 0 Å². The van der Waals surface area contributed by atoms with Crippen LogP contribution in [0.3, 0.4) is 0 Å². The molecule has 2 amide bonds. The van der Waals surface area contributed by atoms with E-state index < -0.39 is 6.04 Å². The van der Waals surface area contributed by atoms with Gasteiger partial charge < -0.3 is 16.0 Å². The highest BCUT2D eigenvalue weighted by Crippen LogP contribution is 2.16. The maximum Gasteiger partial charge on any atom is 0.242 e. The van der Waals surface area contributed by atoms with Crippen LogP contribution in [0.1, 0.15) is 32.3 Å². The molecule has 0 aliphatic carbocycles. The molecule has 150 valence electrons. The summed E-state index contributed by atoms with van der Waals surface area (Å²) in [5.74, 6) is 0.291. The van der Waals surface area contributed by atoms with Gasteiger partial charge in [-0.25, -0.2) is 0 Å². The van der Waals surface area contributed by atoms with Gasteiger partial charge in [0.2, 0.25) is 11.8 Å². The van der Waals surface area contributed by atoms with Gasteiger partial charge in [-0.2, -0.15) is 0 Å². The fourth-order valence-corrected chi connectivity index (χ4v) is 3.75. The van der Waals surface area contributed by atoms with E-state index >= 15 is 0 Å². The molecule has 0 spiro atoms. The third-order valence-electron chi connectivity index (χ3n) is 5.41. The summed E-state index contributed by atoms with van der Waals surface area (Å²) in [6, 6.07) is 13.6. The van der Waals surface area contributed by atoms with Gasteiger partial charge in [0.1, 0.15) is 6.04 Å². The smallest absolute Gasteiger partial charge is 0.242 e. The van der Waals surface area contributed by atoms with Crippen LogP contribution in [-0.2, 0) is 16.0 Å². The number of piperidine rings is 1. The normalized spacial score (nSPS) is 18.0. The maximum absolute atomic E-state index is 12.6. The number of amides is 2. The lowest BCUT2D eigenvalue weighted by Gasteiger charge is -2.26. The minimum absolute atomic E-state index is 0.0324. The van der Waals surface area contributed by atoms with Gasteiger partial charge in [0.15, 0.2) is 0 Å². The quantitative estimate of drug-likeness (QED) is 0.691. The number of nitrogens with one attached hydrogen (secondary N) is 3. The fourth-order valence-electron chi connectivity index (χ4n) is 3.75. The first-order valence-electron chi connectivity index (χ1n) is 10.3. The highest BCUT2D eigenvalue weighted by atomic mass is 16.2. The van der Waals surface area contributed by atoms with Gasteiger partial charge in [0.05, 0.1) is 6.42 Å². The molecule has 1 aliphatic heterocycles. The molecule has 28 heavy (non-hydrogen) atoms. The predicted molar refractivity (Wildman–Crippen MR) is 113 cm³/mol. The topological polar surface area (TPSA) is 70.2 Å². The highest BCUT2D eigenvalue weighted by molar-refractivity contribution is 5.89. The Kier molecular flexibility index (Phi) is 7.04. The van der Waals surface area contributed by atoms with Crippen LogP contribution in [0.25, 0.3) is 10.8 Å². The third kappa shape index (κ3) is 5.55. The number of hydrogen-bond donors (Lipinski definition) is 3. The van der Waals surface area contributed by atoms with E-state index in [-0.39, 0.29) is 24.2 Å². The minimum atomic E-state index is -0.510. The summed E-state index contributed by atoms with van der Waals surface area (Å²) in [7, 11) is 0. The second-order valence-electron chi connectivity index (χ2n) is 8.11. The fraction of sp³-hybridized carbons (Fsp3) is 0.478. The molecule has 1 heterocycles. The lowest BCUT2D eigenvalue weighted by atomic mass is 9.98. The molecule has 5 heteroatoms. The molecule has 5 nitrogen and oxygen atoms in total. The Balaban J connectivity index is 1.55. The number of benzene rings is 2. The molecule has 2 aromatic rings. The summed E-state index contributed by atoms with van der Waals surface area (Å²) in [6.45, 7) is 6.59. The second-order valence-corrected chi connectivity index (χ2v) is 8.11. The molecule has 2 unspecified atom stereocenters. The standard InChI is InChI=1S/C23H31N3O2/c1-16(2)22(23(28)25-15-18-6-5-11-24-14-18)26-21(27)13-17-9-10-19-7-3-4-8-20(19)12-17/h3-4,7-10,12,16,18,22,24H,5-6,11,13-15H2,1-2H3,(H,25,28)(H,26,27). The van der Waals surface area contributed by atoms with Crippen molar-refractivity contribution in [1.82, 2.24) is 16.0 Å². The van der Waals surface area contributed by atoms with Crippen LogP contribution in [0.5, 0.6) is 0 Å². The van der Waals surface area contributed by atoms with Gasteiger partial charge in [-0.05, 0) is 54.1 Å². The van der Waals surface area contributed by atoms with Crippen molar-refractivity contribution in [3.05, 3.63) is 48.0 Å². The van der Waals surface area contributed by atoms with E-state index in [9.17, 15) is 9.59 Å².